The largest absolute Gasteiger partial charge is 0.442 e. The predicted octanol–water partition coefficient (Wildman–Crippen LogP) is 2.47. The van der Waals surface area contributed by atoms with E-state index in [2.05, 4.69) is 32.9 Å². The van der Waals surface area contributed by atoms with Gasteiger partial charge in [-0.05, 0) is 34.7 Å². The zero-order valence-corrected chi connectivity index (χ0v) is 8.62. The van der Waals surface area contributed by atoms with E-state index >= 15 is 0 Å². The van der Waals surface area contributed by atoms with Crippen molar-refractivity contribution in [2.45, 2.75) is 0 Å². The van der Waals surface area contributed by atoms with Gasteiger partial charge in [0.25, 0.3) is 0 Å². The topological polar surface area (TPSA) is 38.1 Å². The number of hydrogen-bond acceptors (Lipinski definition) is 3. The standard InChI is InChI=1S/C8H7IN2O/c1-10-6-3-2-5(9)8-7(6)11-4-12-8/h2-4,10H,1H3. The van der Waals surface area contributed by atoms with Gasteiger partial charge in [-0.25, -0.2) is 4.98 Å². The van der Waals surface area contributed by atoms with Crippen molar-refractivity contribution in [1.29, 1.82) is 0 Å². The van der Waals surface area contributed by atoms with Crippen LogP contribution in [0.1, 0.15) is 0 Å². The number of nitrogens with one attached hydrogen (secondary N) is 1. The molecule has 0 saturated heterocycles. The lowest BCUT2D eigenvalue weighted by atomic mass is 10.3. The zero-order valence-electron chi connectivity index (χ0n) is 6.47. The summed E-state index contributed by atoms with van der Waals surface area (Å²) < 4.78 is 6.32. The van der Waals surface area contributed by atoms with Gasteiger partial charge in [0, 0.05) is 7.05 Å². The maximum Gasteiger partial charge on any atom is 0.182 e. The third-order valence-electron chi connectivity index (χ3n) is 1.71. The lowest BCUT2D eigenvalue weighted by Gasteiger charge is -1.99. The molecular weight excluding hydrogens is 267 g/mol. The van der Waals surface area contributed by atoms with E-state index in [0.717, 1.165) is 20.4 Å². The van der Waals surface area contributed by atoms with Crippen molar-refractivity contribution in [3.63, 3.8) is 0 Å². The van der Waals surface area contributed by atoms with E-state index < -0.39 is 0 Å². The number of aromatic nitrogens is 1. The summed E-state index contributed by atoms with van der Waals surface area (Å²) in [5, 5.41) is 3.06. The predicted molar refractivity (Wildman–Crippen MR) is 56.3 cm³/mol. The SMILES string of the molecule is CNc1ccc(I)c2ocnc12. The highest BCUT2D eigenvalue weighted by Gasteiger charge is 2.06. The van der Waals surface area contributed by atoms with Crippen LogP contribution in [0.5, 0.6) is 0 Å². The van der Waals surface area contributed by atoms with Crippen molar-refractivity contribution < 1.29 is 4.42 Å². The molecule has 3 nitrogen and oxygen atoms in total. The summed E-state index contributed by atoms with van der Waals surface area (Å²) in [7, 11) is 1.87. The molecule has 62 valence electrons. The summed E-state index contributed by atoms with van der Waals surface area (Å²) in [4.78, 5) is 4.12. The lowest BCUT2D eigenvalue weighted by molar-refractivity contribution is 0.600. The van der Waals surface area contributed by atoms with Crippen LogP contribution in [-0.2, 0) is 0 Å². The molecule has 0 aliphatic carbocycles. The van der Waals surface area contributed by atoms with Crippen LogP contribution in [-0.4, -0.2) is 12.0 Å². The second kappa shape index (κ2) is 2.93. The highest BCUT2D eigenvalue weighted by atomic mass is 127. The van der Waals surface area contributed by atoms with Crippen LogP contribution in [0.3, 0.4) is 0 Å². The van der Waals surface area contributed by atoms with E-state index in [9.17, 15) is 0 Å². The zero-order chi connectivity index (χ0) is 8.55. The summed E-state index contributed by atoms with van der Waals surface area (Å²) in [6.45, 7) is 0. The molecule has 0 atom stereocenters. The minimum Gasteiger partial charge on any atom is -0.442 e. The van der Waals surface area contributed by atoms with Gasteiger partial charge in [0.15, 0.2) is 12.0 Å². The molecule has 0 unspecified atom stereocenters. The first kappa shape index (κ1) is 7.85. The van der Waals surface area contributed by atoms with Crippen LogP contribution in [0.2, 0.25) is 0 Å². The number of oxazole rings is 1. The first-order chi connectivity index (χ1) is 5.83. The summed E-state index contributed by atoms with van der Waals surface area (Å²) in [6.07, 6.45) is 1.47. The summed E-state index contributed by atoms with van der Waals surface area (Å²) >= 11 is 2.23. The van der Waals surface area contributed by atoms with Crippen LogP contribution in [0.25, 0.3) is 11.1 Å². The van der Waals surface area contributed by atoms with Gasteiger partial charge in [0.05, 0.1) is 9.26 Å². The number of hydrogen-bond donors (Lipinski definition) is 1. The van der Waals surface area contributed by atoms with Crippen LogP contribution in [0.15, 0.2) is 22.9 Å². The van der Waals surface area contributed by atoms with Crippen molar-refractivity contribution in [3.05, 3.63) is 22.1 Å². The molecule has 0 fully saturated rings. The molecule has 0 spiro atoms. The minimum absolute atomic E-state index is 0.849. The monoisotopic (exact) mass is 274 g/mol. The molecule has 0 bridgehead atoms. The Hall–Kier alpha value is -0.780. The smallest absolute Gasteiger partial charge is 0.182 e. The molecule has 0 amide bonds. The molecule has 4 heteroatoms. The average Bonchev–Trinajstić information content (AvgIpc) is 2.54. The third kappa shape index (κ3) is 1.06. The van der Waals surface area contributed by atoms with Gasteiger partial charge in [-0.2, -0.15) is 0 Å². The second-order valence-electron chi connectivity index (χ2n) is 2.38. The Balaban J connectivity index is 2.82. The molecule has 1 aromatic heterocycles. The first-order valence-corrected chi connectivity index (χ1v) is 4.60. The number of nitrogens with zero attached hydrogens (tertiary/aromatic N) is 1. The quantitative estimate of drug-likeness (QED) is 0.812. The third-order valence-corrected chi connectivity index (χ3v) is 2.55. The van der Waals surface area contributed by atoms with Crippen molar-refractivity contribution in [2.75, 3.05) is 12.4 Å². The van der Waals surface area contributed by atoms with Crippen LogP contribution in [0, 0.1) is 3.57 Å². The summed E-state index contributed by atoms with van der Waals surface area (Å²) in [6, 6.07) is 3.99. The Labute approximate surface area is 83.3 Å². The van der Waals surface area contributed by atoms with Gasteiger partial charge in [0.2, 0.25) is 0 Å². The molecular formula is C8H7IN2O. The van der Waals surface area contributed by atoms with Crippen molar-refractivity contribution in [2.24, 2.45) is 0 Å². The Morgan fingerprint density at radius 3 is 3.08 bits per heavy atom. The number of rotatable bonds is 1. The lowest BCUT2D eigenvalue weighted by Crippen LogP contribution is -1.89. The van der Waals surface area contributed by atoms with Crippen molar-refractivity contribution in [3.8, 4) is 0 Å². The van der Waals surface area contributed by atoms with E-state index in [1.54, 1.807) is 0 Å². The molecule has 12 heavy (non-hydrogen) atoms. The molecule has 0 aliphatic heterocycles. The number of fused-ring (bicyclic) bond motifs is 1. The Bertz CT molecular complexity index is 410. The molecule has 0 radical (unpaired) electrons. The molecule has 1 heterocycles. The van der Waals surface area contributed by atoms with Crippen molar-refractivity contribution in [1.82, 2.24) is 4.98 Å². The van der Waals surface area contributed by atoms with Gasteiger partial charge in [-0.1, -0.05) is 0 Å². The maximum atomic E-state index is 5.23. The fourth-order valence-electron chi connectivity index (χ4n) is 1.12. The number of benzene rings is 1. The average molecular weight is 274 g/mol. The molecule has 0 aliphatic rings. The summed E-state index contributed by atoms with van der Waals surface area (Å²) in [5.74, 6) is 0. The van der Waals surface area contributed by atoms with Gasteiger partial charge in [0.1, 0.15) is 5.52 Å². The highest BCUT2D eigenvalue weighted by molar-refractivity contribution is 14.1. The molecule has 2 rings (SSSR count). The Kier molecular flexibility index (Phi) is 1.92. The van der Waals surface area contributed by atoms with E-state index in [1.165, 1.54) is 6.39 Å². The van der Waals surface area contributed by atoms with Crippen LogP contribution >= 0.6 is 22.6 Å². The van der Waals surface area contributed by atoms with E-state index in [-0.39, 0.29) is 0 Å². The fraction of sp³-hybridized carbons (Fsp3) is 0.125. The van der Waals surface area contributed by atoms with Gasteiger partial charge in [-0.3, -0.25) is 0 Å². The van der Waals surface area contributed by atoms with E-state index in [0.29, 0.717) is 0 Å². The highest BCUT2D eigenvalue weighted by Crippen LogP contribution is 2.25. The van der Waals surface area contributed by atoms with Gasteiger partial charge in [-0.15, -0.1) is 0 Å². The van der Waals surface area contributed by atoms with Gasteiger partial charge >= 0.3 is 0 Å². The normalized spacial score (nSPS) is 10.5. The van der Waals surface area contributed by atoms with Crippen LogP contribution in [0.4, 0.5) is 5.69 Å². The van der Waals surface area contributed by atoms with E-state index in [4.69, 9.17) is 4.42 Å². The first-order valence-electron chi connectivity index (χ1n) is 3.52. The van der Waals surface area contributed by atoms with Crippen molar-refractivity contribution >= 4 is 39.4 Å². The fourth-order valence-corrected chi connectivity index (χ4v) is 1.68. The minimum atomic E-state index is 0.849. The Morgan fingerprint density at radius 2 is 2.33 bits per heavy atom. The molecule has 2 aromatic rings. The van der Waals surface area contributed by atoms with E-state index in [1.807, 2.05) is 19.2 Å². The molecule has 0 saturated carbocycles. The van der Waals surface area contributed by atoms with Gasteiger partial charge < -0.3 is 9.73 Å². The second-order valence-corrected chi connectivity index (χ2v) is 3.54. The molecule has 1 aromatic carbocycles. The maximum absolute atomic E-state index is 5.23. The molecule has 1 N–H and O–H groups in total. The Morgan fingerprint density at radius 1 is 1.50 bits per heavy atom. The van der Waals surface area contributed by atoms with Crippen LogP contribution < -0.4 is 5.32 Å². The number of halogens is 1. The summed E-state index contributed by atoms with van der Waals surface area (Å²) in [5.41, 5.74) is 2.74. The number of anilines is 1.